The van der Waals surface area contributed by atoms with Crippen molar-refractivity contribution in [1.29, 1.82) is 0 Å². The van der Waals surface area contributed by atoms with Crippen LogP contribution in [0.5, 0.6) is 5.75 Å². The number of nitrogens with one attached hydrogen (secondary N) is 2. The highest BCUT2D eigenvalue weighted by Gasteiger charge is 2.20. The third kappa shape index (κ3) is 7.23. The van der Waals surface area contributed by atoms with E-state index in [4.69, 9.17) is 9.84 Å². The number of carbonyl (C=O) groups is 2. The van der Waals surface area contributed by atoms with Gasteiger partial charge >= 0.3 is 0 Å². The summed E-state index contributed by atoms with van der Waals surface area (Å²) in [6.07, 6.45) is 4.90. The van der Waals surface area contributed by atoms with Crippen molar-refractivity contribution in [1.82, 2.24) is 15.2 Å². The Balaban J connectivity index is 1.71. The molecule has 3 rings (SSSR count). The second-order valence-corrected chi connectivity index (χ2v) is 7.80. The first-order chi connectivity index (χ1) is 15.7. The number of hydrogen-bond acceptors (Lipinski definition) is 6. The monoisotopic (exact) mass is 440 g/mol. The molecule has 2 amide bonds. The maximum Gasteiger partial charge on any atom is 0.273 e. The van der Waals surface area contributed by atoms with Gasteiger partial charge in [-0.3, -0.25) is 9.59 Å². The van der Waals surface area contributed by atoms with Crippen LogP contribution in [0.4, 0.5) is 11.5 Å². The number of rotatable bonds is 7. The zero-order valence-corrected chi connectivity index (χ0v) is 18.4. The van der Waals surface area contributed by atoms with E-state index in [1.165, 1.54) is 0 Å². The van der Waals surface area contributed by atoms with E-state index >= 15 is 0 Å². The maximum atomic E-state index is 13.2. The normalized spacial score (nSPS) is 14.5. The zero-order chi connectivity index (χ0) is 22.6. The summed E-state index contributed by atoms with van der Waals surface area (Å²) in [5, 5.41) is 14.9. The second kappa shape index (κ2) is 12.7. The Labute approximate surface area is 189 Å². The van der Waals surface area contributed by atoms with Crippen molar-refractivity contribution in [3.63, 3.8) is 0 Å². The second-order valence-electron chi connectivity index (χ2n) is 7.80. The van der Waals surface area contributed by atoms with Crippen LogP contribution >= 0.6 is 0 Å². The molecule has 3 N–H and O–H groups in total. The molecule has 172 valence electrons. The molecular weight excluding hydrogens is 408 g/mol. The molecule has 0 fully saturated rings. The van der Waals surface area contributed by atoms with E-state index in [-0.39, 0.29) is 25.0 Å². The highest BCUT2D eigenvalue weighted by Crippen LogP contribution is 2.27. The van der Waals surface area contributed by atoms with Crippen LogP contribution in [-0.2, 0) is 4.79 Å². The Hall–Kier alpha value is -3.13. The first-order valence-electron chi connectivity index (χ1n) is 11.3. The molecule has 8 heteroatoms. The zero-order valence-electron chi connectivity index (χ0n) is 18.4. The lowest BCUT2D eigenvalue weighted by Crippen LogP contribution is -2.41. The number of pyridine rings is 1. The van der Waals surface area contributed by atoms with Gasteiger partial charge in [0.25, 0.3) is 5.91 Å². The summed E-state index contributed by atoms with van der Waals surface area (Å²) in [5.41, 5.74) is 1.08. The lowest BCUT2D eigenvalue weighted by molar-refractivity contribution is -0.121. The van der Waals surface area contributed by atoms with Gasteiger partial charge in [0.15, 0.2) is 0 Å². The lowest BCUT2D eigenvalue weighted by Gasteiger charge is -2.23. The van der Waals surface area contributed by atoms with Crippen molar-refractivity contribution in [3.8, 4) is 5.75 Å². The van der Waals surface area contributed by atoms with E-state index in [0.717, 1.165) is 50.0 Å². The van der Waals surface area contributed by atoms with Crippen molar-refractivity contribution in [2.75, 3.05) is 38.2 Å². The van der Waals surface area contributed by atoms with Gasteiger partial charge in [0.2, 0.25) is 5.91 Å². The Kier molecular flexibility index (Phi) is 9.31. The van der Waals surface area contributed by atoms with Crippen LogP contribution in [-0.4, -0.2) is 59.7 Å². The summed E-state index contributed by atoms with van der Waals surface area (Å²) in [4.78, 5) is 31.6. The number of aliphatic hydroxyl groups is 1. The molecule has 2 aromatic rings. The van der Waals surface area contributed by atoms with E-state index in [1.54, 1.807) is 23.1 Å². The molecule has 0 spiro atoms. The van der Waals surface area contributed by atoms with E-state index in [1.807, 2.05) is 24.3 Å². The minimum Gasteiger partial charge on any atom is -0.491 e. The van der Waals surface area contributed by atoms with E-state index < -0.39 is 0 Å². The minimum absolute atomic E-state index is 0.00248. The van der Waals surface area contributed by atoms with Gasteiger partial charge in [0.05, 0.1) is 18.8 Å². The summed E-state index contributed by atoms with van der Waals surface area (Å²) < 4.78 is 5.94. The van der Waals surface area contributed by atoms with Crippen LogP contribution in [0.3, 0.4) is 0 Å². The van der Waals surface area contributed by atoms with Gasteiger partial charge in [-0.05, 0) is 62.8 Å². The highest BCUT2D eigenvalue weighted by atomic mass is 16.5. The quantitative estimate of drug-likeness (QED) is 0.572. The number of aliphatic hydroxyl groups excluding tert-OH is 1. The van der Waals surface area contributed by atoms with Gasteiger partial charge in [-0.25, -0.2) is 4.98 Å². The standard InChI is InChI=1S/C24H32N4O4/c29-16-7-1-5-14-25-23(30)18-28-15-6-2-8-17-32-21-12-4-3-10-19(21)26-22-13-9-11-20(27-22)24(28)31/h3-4,9-13,29H,1-2,5-8,14-18H2,(H,25,30)(H,26,27). The number of aromatic nitrogens is 1. The van der Waals surface area contributed by atoms with E-state index in [9.17, 15) is 9.59 Å². The van der Waals surface area contributed by atoms with Crippen LogP contribution < -0.4 is 15.4 Å². The molecule has 1 aliphatic rings. The number of nitrogens with zero attached hydrogens (tertiary/aromatic N) is 2. The Morgan fingerprint density at radius 3 is 2.84 bits per heavy atom. The van der Waals surface area contributed by atoms with Gasteiger partial charge in [0, 0.05) is 19.7 Å². The fourth-order valence-corrected chi connectivity index (χ4v) is 3.51. The summed E-state index contributed by atoms with van der Waals surface area (Å²) in [7, 11) is 0. The summed E-state index contributed by atoms with van der Waals surface area (Å²) in [6, 6.07) is 12.9. The maximum absolute atomic E-state index is 13.2. The van der Waals surface area contributed by atoms with Gasteiger partial charge in [-0.2, -0.15) is 0 Å². The molecule has 1 aromatic carbocycles. The number of fused-ring (bicyclic) bond motifs is 3. The summed E-state index contributed by atoms with van der Waals surface area (Å²) >= 11 is 0. The van der Waals surface area contributed by atoms with Gasteiger partial charge < -0.3 is 25.4 Å². The molecule has 0 saturated carbocycles. The molecule has 2 heterocycles. The fraction of sp³-hybridized carbons (Fsp3) is 0.458. The average Bonchev–Trinajstić information content (AvgIpc) is 2.80. The Bertz CT molecular complexity index is 890. The highest BCUT2D eigenvalue weighted by molar-refractivity contribution is 5.95. The Morgan fingerprint density at radius 2 is 1.97 bits per heavy atom. The van der Waals surface area contributed by atoms with Crippen molar-refractivity contribution >= 4 is 23.3 Å². The molecule has 0 unspecified atom stereocenters. The molecule has 1 aliphatic heterocycles. The largest absolute Gasteiger partial charge is 0.491 e. The molecule has 0 aliphatic carbocycles. The van der Waals surface area contributed by atoms with Crippen LogP contribution in [0.15, 0.2) is 42.5 Å². The number of unbranched alkanes of at least 4 members (excludes halogenated alkanes) is 2. The van der Waals surface area contributed by atoms with Crippen LogP contribution in [0.2, 0.25) is 0 Å². The lowest BCUT2D eigenvalue weighted by atomic mass is 10.2. The predicted molar refractivity (Wildman–Crippen MR) is 123 cm³/mol. The minimum atomic E-state index is -0.259. The van der Waals surface area contributed by atoms with Gasteiger partial charge in [-0.1, -0.05) is 18.2 Å². The third-order valence-electron chi connectivity index (χ3n) is 5.23. The molecular formula is C24H32N4O4. The molecule has 2 bridgehead atoms. The predicted octanol–water partition coefficient (Wildman–Crippen LogP) is 3.11. The third-order valence-corrected chi connectivity index (χ3v) is 5.23. The number of benzene rings is 1. The summed E-state index contributed by atoms with van der Waals surface area (Å²) in [5.74, 6) is 0.846. The number of amides is 2. The molecule has 0 radical (unpaired) electrons. The van der Waals surface area contributed by atoms with Crippen LogP contribution in [0, 0.1) is 0 Å². The number of para-hydroxylation sites is 2. The molecule has 0 saturated heterocycles. The first kappa shape index (κ1) is 23.5. The topological polar surface area (TPSA) is 104 Å². The number of carbonyl (C=O) groups excluding carboxylic acids is 2. The average molecular weight is 441 g/mol. The van der Waals surface area contributed by atoms with Crippen molar-refractivity contribution in [2.45, 2.75) is 38.5 Å². The smallest absolute Gasteiger partial charge is 0.273 e. The number of hydrogen-bond donors (Lipinski definition) is 3. The SMILES string of the molecule is O=C(CN1CCCCCOc2ccccc2Nc2cccc(n2)C1=O)NCCCCCO. The molecule has 8 nitrogen and oxygen atoms in total. The molecule has 0 atom stereocenters. The van der Waals surface area contributed by atoms with Crippen LogP contribution in [0.1, 0.15) is 49.0 Å². The molecule has 1 aromatic heterocycles. The number of ether oxygens (including phenoxy) is 1. The Morgan fingerprint density at radius 1 is 1.09 bits per heavy atom. The van der Waals surface area contributed by atoms with Crippen molar-refractivity contribution < 1.29 is 19.4 Å². The van der Waals surface area contributed by atoms with Crippen LogP contribution in [0.25, 0.3) is 0 Å². The van der Waals surface area contributed by atoms with Gasteiger partial charge in [-0.15, -0.1) is 0 Å². The van der Waals surface area contributed by atoms with Gasteiger partial charge in [0.1, 0.15) is 17.3 Å². The van der Waals surface area contributed by atoms with E-state index in [0.29, 0.717) is 31.2 Å². The fourth-order valence-electron chi connectivity index (χ4n) is 3.51. The van der Waals surface area contributed by atoms with Crippen molar-refractivity contribution in [2.24, 2.45) is 0 Å². The number of anilines is 2. The molecule has 32 heavy (non-hydrogen) atoms. The first-order valence-corrected chi connectivity index (χ1v) is 11.3. The summed E-state index contributed by atoms with van der Waals surface area (Å²) in [6.45, 7) is 1.75. The van der Waals surface area contributed by atoms with Crippen molar-refractivity contribution in [3.05, 3.63) is 48.2 Å². The van der Waals surface area contributed by atoms with E-state index in [2.05, 4.69) is 15.6 Å².